The highest BCUT2D eigenvalue weighted by Crippen LogP contribution is 2.19. The molecule has 1 aliphatic heterocycles. The topological polar surface area (TPSA) is 92.7 Å². The predicted octanol–water partition coefficient (Wildman–Crippen LogP) is 1.70. The van der Waals surface area contributed by atoms with Crippen molar-refractivity contribution in [1.29, 1.82) is 0 Å². The minimum absolute atomic E-state index is 0. The first-order chi connectivity index (χ1) is 12.7. The summed E-state index contributed by atoms with van der Waals surface area (Å²) < 4.78 is 1.75. The largest absolute Gasteiger partial charge is 0.353 e. The number of hydrogen-bond acceptors (Lipinski definition) is 6. The maximum atomic E-state index is 12.7. The van der Waals surface area contributed by atoms with Gasteiger partial charge in [0.2, 0.25) is 0 Å². The van der Waals surface area contributed by atoms with Gasteiger partial charge in [0.15, 0.2) is 0 Å². The Morgan fingerprint density at radius 1 is 1.11 bits per heavy atom. The van der Waals surface area contributed by atoms with E-state index in [1.807, 2.05) is 42.2 Å². The molecule has 8 nitrogen and oxygen atoms in total. The second-order valence-corrected chi connectivity index (χ2v) is 6.41. The van der Waals surface area contributed by atoms with Gasteiger partial charge in [-0.15, -0.1) is 24.8 Å². The summed E-state index contributed by atoms with van der Waals surface area (Å²) in [5.74, 6) is 1.62. The number of hydrogen-bond donors (Lipinski definition) is 1. The van der Waals surface area contributed by atoms with Crippen molar-refractivity contribution in [3.63, 3.8) is 0 Å². The van der Waals surface area contributed by atoms with E-state index < -0.39 is 0 Å². The number of piperazine rings is 1. The zero-order valence-electron chi connectivity index (χ0n) is 15.5. The first kappa shape index (κ1) is 21.9. The molecule has 0 saturated carbocycles. The molecule has 0 atom stereocenters. The van der Waals surface area contributed by atoms with Crippen molar-refractivity contribution in [3.8, 4) is 0 Å². The summed E-state index contributed by atoms with van der Waals surface area (Å²) in [5.41, 5.74) is 8.24. The molecule has 1 fully saturated rings. The monoisotopic (exact) mass is 423 g/mol. The predicted molar refractivity (Wildman–Crippen MR) is 112 cm³/mol. The maximum Gasteiger partial charge on any atom is 0.254 e. The third-order valence-electron chi connectivity index (χ3n) is 4.69. The summed E-state index contributed by atoms with van der Waals surface area (Å²) in [7, 11) is 0. The minimum Gasteiger partial charge on any atom is -0.353 e. The molecule has 3 aromatic rings. The van der Waals surface area contributed by atoms with Crippen molar-refractivity contribution in [2.45, 2.75) is 13.5 Å². The van der Waals surface area contributed by atoms with Crippen LogP contribution in [0.1, 0.15) is 21.6 Å². The Morgan fingerprint density at radius 3 is 2.43 bits per heavy atom. The van der Waals surface area contributed by atoms with Gasteiger partial charge in [0, 0.05) is 50.0 Å². The Bertz CT molecular complexity index is 937. The van der Waals surface area contributed by atoms with Crippen LogP contribution in [0, 0.1) is 6.92 Å². The van der Waals surface area contributed by atoms with E-state index in [4.69, 9.17) is 5.73 Å². The first-order valence-corrected chi connectivity index (χ1v) is 8.66. The molecule has 0 unspecified atom stereocenters. The minimum atomic E-state index is 0. The average molecular weight is 424 g/mol. The van der Waals surface area contributed by atoms with Gasteiger partial charge >= 0.3 is 0 Å². The zero-order valence-corrected chi connectivity index (χ0v) is 17.1. The second-order valence-electron chi connectivity index (χ2n) is 6.41. The van der Waals surface area contributed by atoms with E-state index in [1.165, 1.54) is 6.33 Å². The lowest BCUT2D eigenvalue weighted by Crippen LogP contribution is -2.49. The lowest BCUT2D eigenvalue weighted by Gasteiger charge is -2.36. The maximum absolute atomic E-state index is 12.7. The molecule has 0 aliphatic carbocycles. The van der Waals surface area contributed by atoms with E-state index in [1.54, 1.807) is 4.52 Å². The van der Waals surface area contributed by atoms with Gasteiger partial charge in [-0.1, -0.05) is 12.1 Å². The molecule has 150 valence electrons. The van der Waals surface area contributed by atoms with Crippen LogP contribution in [-0.4, -0.2) is 56.6 Å². The molecule has 0 radical (unpaired) electrons. The molecular formula is C18H23Cl2N7O. The fourth-order valence-corrected chi connectivity index (χ4v) is 3.24. The number of fused-ring (bicyclic) bond motifs is 1. The molecule has 0 spiro atoms. The number of aryl methyl sites for hydroxylation is 1. The lowest BCUT2D eigenvalue weighted by molar-refractivity contribution is 0.0746. The van der Waals surface area contributed by atoms with Gasteiger partial charge in [-0.3, -0.25) is 4.79 Å². The van der Waals surface area contributed by atoms with Gasteiger partial charge in [-0.2, -0.15) is 14.6 Å². The van der Waals surface area contributed by atoms with E-state index in [0.29, 0.717) is 31.0 Å². The van der Waals surface area contributed by atoms with Crippen LogP contribution in [0.2, 0.25) is 0 Å². The number of nitrogens with two attached hydrogens (primary N) is 1. The number of carbonyl (C=O) groups is 1. The third kappa shape index (κ3) is 4.19. The molecule has 1 amide bonds. The van der Waals surface area contributed by atoms with Crippen molar-refractivity contribution in [3.05, 3.63) is 53.5 Å². The second kappa shape index (κ2) is 9.18. The summed E-state index contributed by atoms with van der Waals surface area (Å²) in [4.78, 5) is 25.4. The summed E-state index contributed by atoms with van der Waals surface area (Å²) in [6, 6.07) is 9.52. The Balaban J connectivity index is 0.00000140. The fraction of sp³-hybridized carbons (Fsp3) is 0.333. The van der Waals surface area contributed by atoms with Gasteiger partial charge in [0.1, 0.15) is 12.1 Å². The van der Waals surface area contributed by atoms with E-state index in [2.05, 4.69) is 20.0 Å². The van der Waals surface area contributed by atoms with Gasteiger partial charge in [-0.05, 0) is 24.6 Å². The quantitative estimate of drug-likeness (QED) is 0.688. The summed E-state index contributed by atoms with van der Waals surface area (Å²) in [5, 5.41) is 4.26. The number of nitrogens with zero attached hydrogens (tertiary/aromatic N) is 6. The van der Waals surface area contributed by atoms with Gasteiger partial charge in [-0.25, -0.2) is 4.98 Å². The number of amides is 1. The highest BCUT2D eigenvalue weighted by atomic mass is 35.5. The van der Waals surface area contributed by atoms with Crippen LogP contribution in [0.3, 0.4) is 0 Å². The zero-order chi connectivity index (χ0) is 18.1. The molecule has 4 rings (SSSR count). The van der Waals surface area contributed by atoms with Gasteiger partial charge < -0.3 is 15.5 Å². The summed E-state index contributed by atoms with van der Waals surface area (Å²) in [6.45, 7) is 5.23. The molecule has 28 heavy (non-hydrogen) atoms. The van der Waals surface area contributed by atoms with Gasteiger partial charge in [0.25, 0.3) is 11.7 Å². The van der Waals surface area contributed by atoms with Crippen molar-refractivity contribution in [2.24, 2.45) is 5.73 Å². The van der Waals surface area contributed by atoms with Crippen LogP contribution in [0.5, 0.6) is 0 Å². The number of benzene rings is 1. The van der Waals surface area contributed by atoms with E-state index in [-0.39, 0.29) is 30.7 Å². The first-order valence-electron chi connectivity index (χ1n) is 8.66. The van der Waals surface area contributed by atoms with Crippen LogP contribution < -0.4 is 10.6 Å². The Morgan fingerprint density at radius 2 is 1.79 bits per heavy atom. The SMILES string of the molecule is Cc1cc(N2CCN(C(=O)c3ccc(CN)cc3)CC2)n2ncnc2n1.Cl.Cl. The normalized spacial score (nSPS) is 13.8. The molecule has 0 bridgehead atoms. The number of aromatic nitrogens is 4. The Kier molecular flexibility index (Phi) is 7.17. The van der Waals surface area contributed by atoms with Crippen molar-refractivity contribution < 1.29 is 4.79 Å². The van der Waals surface area contributed by atoms with Crippen LogP contribution in [0.15, 0.2) is 36.7 Å². The molecule has 1 saturated heterocycles. The summed E-state index contributed by atoms with van der Waals surface area (Å²) in [6.07, 6.45) is 1.51. The lowest BCUT2D eigenvalue weighted by atomic mass is 10.1. The molecule has 1 aromatic carbocycles. The molecule has 10 heteroatoms. The van der Waals surface area contributed by atoms with Crippen LogP contribution in [0.4, 0.5) is 5.82 Å². The van der Waals surface area contributed by atoms with Gasteiger partial charge in [0.05, 0.1) is 0 Å². The number of carbonyl (C=O) groups excluding carboxylic acids is 1. The third-order valence-corrected chi connectivity index (χ3v) is 4.69. The van der Waals surface area contributed by atoms with Crippen LogP contribution >= 0.6 is 24.8 Å². The Labute approximate surface area is 175 Å². The van der Waals surface area contributed by atoms with Crippen molar-refractivity contribution >= 4 is 42.3 Å². The molecule has 2 N–H and O–H groups in total. The molecular weight excluding hydrogens is 401 g/mol. The van der Waals surface area contributed by atoms with E-state index in [0.717, 1.165) is 30.2 Å². The van der Waals surface area contributed by atoms with Crippen molar-refractivity contribution in [2.75, 3.05) is 31.1 Å². The molecule has 1 aliphatic rings. The molecule has 2 aromatic heterocycles. The Hall–Kier alpha value is -2.42. The standard InChI is InChI=1S/C18H21N7O.2ClH/c1-13-10-16(25-18(22-13)20-12-21-25)23-6-8-24(9-7-23)17(26)15-4-2-14(11-19)3-5-15;;/h2-5,10,12H,6-9,11,19H2,1H3;2*1H. The van der Waals surface area contributed by atoms with E-state index in [9.17, 15) is 4.79 Å². The van der Waals surface area contributed by atoms with Crippen LogP contribution in [0.25, 0.3) is 5.78 Å². The smallest absolute Gasteiger partial charge is 0.254 e. The highest BCUT2D eigenvalue weighted by Gasteiger charge is 2.24. The van der Waals surface area contributed by atoms with E-state index >= 15 is 0 Å². The average Bonchev–Trinajstić information content (AvgIpc) is 3.15. The molecule has 3 heterocycles. The fourth-order valence-electron chi connectivity index (χ4n) is 3.24. The number of rotatable bonds is 3. The highest BCUT2D eigenvalue weighted by molar-refractivity contribution is 5.94. The van der Waals surface area contributed by atoms with Crippen LogP contribution in [-0.2, 0) is 6.54 Å². The summed E-state index contributed by atoms with van der Waals surface area (Å²) >= 11 is 0. The van der Waals surface area contributed by atoms with Crippen molar-refractivity contribution in [1.82, 2.24) is 24.5 Å². The number of anilines is 1. The number of halogens is 2.